The van der Waals surface area contributed by atoms with E-state index in [0.717, 1.165) is 10.4 Å². The zero-order valence-electron chi connectivity index (χ0n) is 16.3. The maximum Gasteiger partial charge on any atom is 0.273 e. The summed E-state index contributed by atoms with van der Waals surface area (Å²) in [4.78, 5) is 30.9. The third kappa shape index (κ3) is 4.78. The molecule has 3 aromatic heterocycles. The van der Waals surface area contributed by atoms with E-state index in [1.54, 1.807) is 32.2 Å². The average Bonchev–Trinajstić information content (AvgIpc) is 3.08. The van der Waals surface area contributed by atoms with E-state index in [2.05, 4.69) is 15.7 Å². The van der Waals surface area contributed by atoms with Crippen molar-refractivity contribution in [2.45, 2.75) is 33.2 Å². The van der Waals surface area contributed by atoms with Crippen molar-refractivity contribution >= 4 is 40.4 Å². The van der Waals surface area contributed by atoms with Gasteiger partial charge in [-0.05, 0) is 56.7 Å². The zero-order valence-corrected chi connectivity index (χ0v) is 17.9. The maximum atomic E-state index is 13.0. The van der Waals surface area contributed by atoms with Gasteiger partial charge in [0.25, 0.3) is 5.56 Å². The highest BCUT2D eigenvalue weighted by molar-refractivity contribution is 7.16. The summed E-state index contributed by atoms with van der Waals surface area (Å²) in [6.07, 6.45) is 1.66. The number of carbonyl (C=O) groups is 1. The van der Waals surface area contributed by atoms with Crippen LogP contribution in [0.15, 0.2) is 41.3 Å². The molecule has 1 atom stereocenters. The van der Waals surface area contributed by atoms with Gasteiger partial charge in [-0.3, -0.25) is 9.59 Å². The molecule has 0 saturated heterocycles. The number of rotatable bonds is 6. The molecule has 4 N–H and O–H groups in total. The first kappa shape index (κ1) is 20.9. The number of nitrogens with one attached hydrogen (secondary N) is 2. The lowest BCUT2D eigenvalue weighted by molar-refractivity contribution is -0.117. The molecule has 7 nitrogen and oxygen atoms in total. The summed E-state index contributed by atoms with van der Waals surface area (Å²) in [5.74, 6) is -0.555. The van der Waals surface area contributed by atoms with Crippen molar-refractivity contribution in [2.75, 3.05) is 16.5 Å². The molecule has 29 heavy (non-hydrogen) atoms. The Balaban J connectivity index is 1.81. The van der Waals surface area contributed by atoms with Crippen LogP contribution in [-0.2, 0) is 11.3 Å². The second kappa shape index (κ2) is 8.67. The number of halogens is 1. The number of anilines is 2. The van der Waals surface area contributed by atoms with Gasteiger partial charge in [-0.1, -0.05) is 11.6 Å². The van der Waals surface area contributed by atoms with Gasteiger partial charge in [-0.25, -0.2) is 9.66 Å². The molecule has 0 saturated carbocycles. The Morgan fingerprint density at radius 3 is 2.69 bits per heavy atom. The molecular formula is C20H22ClN5O2S. The first-order valence-electron chi connectivity index (χ1n) is 9.00. The van der Waals surface area contributed by atoms with E-state index in [1.165, 1.54) is 16.0 Å². The van der Waals surface area contributed by atoms with E-state index in [1.807, 2.05) is 25.1 Å². The molecule has 1 unspecified atom stereocenters. The van der Waals surface area contributed by atoms with Crippen LogP contribution in [0.4, 0.5) is 11.5 Å². The molecule has 0 aliphatic heterocycles. The third-order valence-electron chi connectivity index (χ3n) is 4.59. The predicted octanol–water partition coefficient (Wildman–Crippen LogP) is 3.64. The van der Waals surface area contributed by atoms with Gasteiger partial charge in [0, 0.05) is 16.6 Å². The molecule has 1 amide bonds. The summed E-state index contributed by atoms with van der Waals surface area (Å²) in [7, 11) is 0. The molecule has 0 aliphatic carbocycles. The third-order valence-corrected chi connectivity index (χ3v) is 5.82. The summed E-state index contributed by atoms with van der Waals surface area (Å²) in [6, 6.07) is 8.85. The fourth-order valence-corrected chi connectivity index (χ4v) is 4.01. The van der Waals surface area contributed by atoms with Crippen LogP contribution in [0, 0.1) is 13.8 Å². The van der Waals surface area contributed by atoms with Crippen molar-refractivity contribution in [1.29, 1.82) is 0 Å². The molecule has 0 bridgehead atoms. The second-order valence-electron chi connectivity index (χ2n) is 6.71. The Labute approximate surface area is 177 Å². The van der Waals surface area contributed by atoms with Crippen molar-refractivity contribution in [1.82, 2.24) is 9.66 Å². The molecule has 0 radical (unpaired) electrons. The summed E-state index contributed by atoms with van der Waals surface area (Å²) < 4.78 is 2.09. The molecule has 0 fully saturated rings. The lowest BCUT2D eigenvalue weighted by atomic mass is 9.97. The van der Waals surface area contributed by atoms with Gasteiger partial charge in [0.2, 0.25) is 5.91 Å². The van der Waals surface area contributed by atoms with Crippen LogP contribution in [0.1, 0.15) is 34.5 Å². The van der Waals surface area contributed by atoms with Gasteiger partial charge in [-0.2, -0.15) is 0 Å². The predicted molar refractivity (Wildman–Crippen MR) is 118 cm³/mol. The van der Waals surface area contributed by atoms with Crippen LogP contribution in [0.5, 0.6) is 0 Å². The molecule has 3 aromatic rings. The fourth-order valence-electron chi connectivity index (χ4n) is 2.99. The molecule has 152 valence electrons. The van der Waals surface area contributed by atoms with Crippen molar-refractivity contribution in [3.63, 3.8) is 0 Å². The van der Waals surface area contributed by atoms with Crippen molar-refractivity contribution in [2.24, 2.45) is 0 Å². The highest BCUT2D eigenvalue weighted by Crippen LogP contribution is 2.22. The highest BCUT2D eigenvalue weighted by atomic mass is 35.5. The lowest BCUT2D eigenvalue weighted by Crippen LogP contribution is -2.34. The standard InChI is InChI=1S/C20H22ClN5O2S/c1-11-8-9-26(23-10-14-4-6-16(21)29-14)20(28)18(11)12(2)19(27)25-15-5-7-17(22)24-13(15)3/h4-9,12,23H,10H2,1-3H3,(H2,22,24)(H,25,27). The van der Waals surface area contributed by atoms with E-state index in [0.29, 0.717) is 33.6 Å². The highest BCUT2D eigenvalue weighted by Gasteiger charge is 2.22. The Kier molecular flexibility index (Phi) is 6.24. The molecule has 3 rings (SSSR count). The number of carbonyl (C=O) groups excluding carboxylic acids is 1. The molecule has 0 aliphatic rings. The minimum absolute atomic E-state index is 0.262. The number of aromatic nitrogens is 2. The molecular weight excluding hydrogens is 410 g/mol. The van der Waals surface area contributed by atoms with Gasteiger partial charge >= 0.3 is 0 Å². The molecule has 0 aromatic carbocycles. The zero-order chi connectivity index (χ0) is 21.1. The number of pyridine rings is 2. The minimum Gasteiger partial charge on any atom is -0.384 e. The molecule has 3 heterocycles. The maximum absolute atomic E-state index is 13.0. The minimum atomic E-state index is -0.648. The summed E-state index contributed by atoms with van der Waals surface area (Å²) in [5.41, 5.74) is 10.8. The van der Waals surface area contributed by atoms with Crippen molar-refractivity contribution in [3.8, 4) is 0 Å². The number of nitrogens with two attached hydrogens (primary N) is 1. The van der Waals surface area contributed by atoms with Crippen LogP contribution < -0.4 is 22.0 Å². The summed E-state index contributed by atoms with van der Waals surface area (Å²) in [6.45, 7) is 5.75. The van der Waals surface area contributed by atoms with Gasteiger partial charge < -0.3 is 16.5 Å². The number of amides is 1. The van der Waals surface area contributed by atoms with E-state index < -0.39 is 5.92 Å². The first-order valence-corrected chi connectivity index (χ1v) is 10.2. The monoisotopic (exact) mass is 431 g/mol. The van der Waals surface area contributed by atoms with Crippen molar-refractivity contribution < 1.29 is 4.79 Å². The Morgan fingerprint density at radius 2 is 2.03 bits per heavy atom. The van der Waals surface area contributed by atoms with Gasteiger partial charge in [0.15, 0.2) is 0 Å². The number of thiophene rings is 1. The lowest BCUT2D eigenvalue weighted by Gasteiger charge is -2.17. The summed E-state index contributed by atoms with van der Waals surface area (Å²) in [5, 5.41) is 2.83. The first-order chi connectivity index (χ1) is 13.8. The normalized spacial score (nSPS) is 11.9. The quantitative estimate of drug-likeness (QED) is 0.553. The van der Waals surface area contributed by atoms with Crippen LogP contribution in [0.3, 0.4) is 0 Å². The van der Waals surface area contributed by atoms with E-state index in [-0.39, 0.29) is 11.5 Å². The second-order valence-corrected chi connectivity index (χ2v) is 8.51. The van der Waals surface area contributed by atoms with E-state index in [4.69, 9.17) is 17.3 Å². The van der Waals surface area contributed by atoms with Gasteiger partial charge in [0.05, 0.1) is 28.2 Å². The fraction of sp³-hybridized carbons (Fsp3) is 0.250. The topological polar surface area (TPSA) is 102 Å². The Hall–Kier alpha value is -2.84. The average molecular weight is 432 g/mol. The number of aryl methyl sites for hydroxylation is 2. The smallest absolute Gasteiger partial charge is 0.273 e. The summed E-state index contributed by atoms with van der Waals surface area (Å²) >= 11 is 7.39. The van der Waals surface area contributed by atoms with E-state index >= 15 is 0 Å². The SMILES string of the molecule is Cc1ccn(NCc2ccc(Cl)s2)c(=O)c1C(C)C(=O)Nc1ccc(N)nc1C. The van der Waals surface area contributed by atoms with Crippen LogP contribution in [-0.4, -0.2) is 15.6 Å². The van der Waals surface area contributed by atoms with Crippen LogP contribution in [0.25, 0.3) is 0 Å². The Bertz CT molecular complexity index is 1110. The van der Waals surface area contributed by atoms with Gasteiger partial charge in [0.1, 0.15) is 5.82 Å². The number of nitrogens with zero attached hydrogens (tertiary/aromatic N) is 2. The van der Waals surface area contributed by atoms with Gasteiger partial charge in [-0.15, -0.1) is 11.3 Å². The molecule has 9 heteroatoms. The largest absolute Gasteiger partial charge is 0.384 e. The number of hydrogen-bond acceptors (Lipinski definition) is 6. The molecule has 0 spiro atoms. The van der Waals surface area contributed by atoms with Crippen molar-refractivity contribution in [3.05, 3.63) is 72.9 Å². The van der Waals surface area contributed by atoms with E-state index in [9.17, 15) is 9.59 Å². The number of nitrogen functional groups attached to an aromatic ring is 1. The van der Waals surface area contributed by atoms with Crippen LogP contribution >= 0.6 is 22.9 Å². The number of hydrogen-bond donors (Lipinski definition) is 3. The van der Waals surface area contributed by atoms with Crippen LogP contribution in [0.2, 0.25) is 4.34 Å². The Morgan fingerprint density at radius 1 is 1.28 bits per heavy atom.